The lowest BCUT2D eigenvalue weighted by Crippen LogP contribution is -2.47. The average Bonchev–Trinajstić information content (AvgIpc) is 3.09. The molecule has 10 nitrogen and oxygen atoms in total. The molecule has 2 heterocycles. The van der Waals surface area contributed by atoms with Crippen LogP contribution in [0.3, 0.4) is 0 Å². The molecule has 2 aliphatic heterocycles. The molecule has 4 rings (SSSR count). The Morgan fingerprint density at radius 2 is 1.80 bits per heavy atom. The van der Waals surface area contributed by atoms with E-state index in [1.165, 1.54) is 0 Å². The summed E-state index contributed by atoms with van der Waals surface area (Å²) in [5.74, 6) is -0.409. The van der Waals surface area contributed by atoms with Crippen LogP contribution in [0.4, 0.5) is 5.69 Å². The van der Waals surface area contributed by atoms with E-state index in [0.29, 0.717) is 79.0 Å². The highest BCUT2D eigenvalue weighted by molar-refractivity contribution is 6.30. The number of para-hydroxylation sites is 1. The number of anilines is 1. The van der Waals surface area contributed by atoms with Gasteiger partial charge in [-0.2, -0.15) is 0 Å². The third-order valence-electron chi connectivity index (χ3n) is 8.19. The molecule has 1 fully saturated rings. The van der Waals surface area contributed by atoms with Gasteiger partial charge >= 0.3 is 5.97 Å². The van der Waals surface area contributed by atoms with Crippen molar-refractivity contribution in [3.8, 4) is 11.5 Å². The molecule has 0 aromatic heterocycles. The summed E-state index contributed by atoms with van der Waals surface area (Å²) in [4.78, 5) is 42.6. The molecule has 11 heteroatoms. The molecule has 1 N–H and O–H groups in total. The lowest BCUT2D eigenvalue weighted by Gasteiger charge is -2.34. The average molecular weight is 631 g/mol. The maximum Gasteiger partial charge on any atom is 0.303 e. The number of halogens is 1. The fourth-order valence-electron chi connectivity index (χ4n) is 6.00. The van der Waals surface area contributed by atoms with Gasteiger partial charge in [0, 0.05) is 59.9 Å². The lowest BCUT2D eigenvalue weighted by molar-refractivity contribution is -0.144. The van der Waals surface area contributed by atoms with Gasteiger partial charge in [-0.1, -0.05) is 37.6 Å². The highest BCUT2D eigenvalue weighted by Gasteiger charge is 2.41. The minimum atomic E-state index is -1.12. The Hall–Kier alpha value is -3.34. The van der Waals surface area contributed by atoms with Crippen molar-refractivity contribution in [1.82, 2.24) is 4.90 Å². The summed E-state index contributed by atoms with van der Waals surface area (Å²) in [6, 6.07) is 10.8. The number of rotatable bonds is 12. The van der Waals surface area contributed by atoms with E-state index < -0.39 is 23.6 Å². The van der Waals surface area contributed by atoms with Gasteiger partial charge in [-0.15, -0.1) is 0 Å². The van der Waals surface area contributed by atoms with Gasteiger partial charge in [-0.25, -0.2) is 0 Å². The number of amides is 2. The van der Waals surface area contributed by atoms with E-state index in [4.69, 9.17) is 30.5 Å². The number of likely N-dealkylation sites (tertiary alicyclic amines) is 1. The van der Waals surface area contributed by atoms with Crippen LogP contribution in [-0.4, -0.2) is 81.0 Å². The highest BCUT2D eigenvalue weighted by atomic mass is 35.5. The Morgan fingerprint density at radius 1 is 1.07 bits per heavy atom. The minimum Gasteiger partial charge on any atom is -0.493 e. The number of ether oxygens (including phenoxy) is 4. The molecular formula is C33H43ClN2O8. The predicted molar refractivity (Wildman–Crippen MR) is 167 cm³/mol. The van der Waals surface area contributed by atoms with Crippen LogP contribution in [0.2, 0.25) is 5.02 Å². The van der Waals surface area contributed by atoms with Crippen molar-refractivity contribution < 1.29 is 38.4 Å². The quantitative estimate of drug-likeness (QED) is 0.334. The highest BCUT2D eigenvalue weighted by Crippen LogP contribution is 2.45. The number of nitrogens with zero attached hydrogens (tertiary/aromatic N) is 2. The zero-order valence-corrected chi connectivity index (χ0v) is 26.9. The summed E-state index contributed by atoms with van der Waals surface area (Å²) < 4.78 is 23.7. The molecule has 2 unspecified atom stereocenters. The van der Waals surface area contributed by atoms with Crippen molar-refractivity contribution >= 4 is 35.1 Å². The second-order valence-electron chi connectivity index (χ2n) is 12.1. The van der Waals surface area contributed by atoms with Gasteiger partial charge in [0.2, 0.25) is 5.91 Å². The monoisotopic (exact) mass is 630 g/mol. The summed E-state index contributed by atoms with van der Waals surface area (Å²) in [6.07, 6.45) is -0.809. The Morgan fingerprint density at radius 3 is 2.43 bits per heavy atom. The molecule has 240 valence electrons. The summed E-state index contributed by atoms with van der Waals surface area (Å²) in [5, 5.41) is 9.65. The number of carbonyl (C=O) groups is 3. The molecule has 0 bridgehead atoms. The molecule has 2 aromatic rings. The molecule has 1 saturated heterocycles. The lowest BCUT2D eigenvalue weighted by atomic mass is 9.92. The summed E-state index contributed by atoms with van der Waals surface area (Å²) in [5.41, 5.74) is 1.50. The van der Waals surface area contributed by atoms with Crippen LogP contribution in [0.25, 0.3) is 0 Å². The zero-order chi connectivity index (χ0) is 32.0. The van der Waals surface area contributed by atoms with Crippen LogP contribution < -0.4 is 14.4 Å². The van der Waals surface area contributed by atoms with Crippen LogP contribution in [0.1, 0.15) is 63.7 Å². The van der Waals surface area contributed by atoms with Crippen LogP contribution in [0.5, 0.6) is 11.5 Å². The maximum absolute atomic E-state index is 14.4. The van der Waals surface area contributed by atoms with Crippen LogP contribution in [-0.2, 0) is 23.9 Å². The molecule has 2 amide bonds. The SMILES string of the molecule is CCOCC(C)(C)CN1C(=O)C(CC(=O)N2CCC(CC(=O)O)CC2)OC(c2cccc(OC)c2OC)c2cc(Cl)ccc21. The van der Waals surface area contributed by atoms with Gasteiger partial charge in [0.15, 0.2) is 11.5 Å². The number of piperidine rings is 1. The first-order valence-corrected chi connectivity index (χ1v) is 15.4. The van der Waals surface area contributed by atoms with Crippen molar-refractivity contribution in [2.24, 2.45) is 11.3 Å². The molecule has 0 aliphatic carbocycles. The standard InChI is InChI=1S/C33H43ClN2O8/c1-6-43-20-33(2,3)19-36-25-11-10-22(34)17-24(25)30(23-8-7-9-26(41-4)31(23)42-5)44-27(32(36)40)18-28(37)35-14-12-21(13-15-35)16-29(38)39/h7-11,17,21,27,30H,6,12-16,18-20H2,1-5H3,(H,38,39). The number of aliphatic carboxylic acids is 1. The van der Waals surface area contributed by atoms with Gasteiger partial charge in [-0.05, 0) is 49.9 Å². The van der Waals surface area contributed by atoms with Gasteiger partial charge in [0.25, 0.3) is 5.91 Å². The third-order valence-corrected chi connectivity index (χ3v) is 8.43. The zero-order valence-electron chi connectivity index (χ0n) is 26.1. The number of hydrogen-bond acceptors (Lipinski definition) is 7. The van der Waals surface area contributed by atoms with Gasteiger partial charge in [0.05, 0.1) is 27.2 Å². The Balaban J connectivity index is 1.75. The number of carboxylic acids is 1. The van der Waals surface area contributed by atoms with Crippen molar-refractivity contribution in [2.75, 3.05) is 52.0 Å². The van der Waals surface area contributed by atoms with E-state index in [2.05, 4.69) is 0 Å². The van der Waals surface area contributed by atoms with Crippen LogP contribution in [0, 0.1) is 11.3 Å². The summed E-state index contributed by atoms with van der Waals surface area (Å²) in [6.45, 7) is 8.15. The number of carboxylic acid groups (broad SMARTS) is 1. The summed E-state index contributed by atoms with van der Waals surface area (Å²) >= 11 is 6.53. The van der Waals surface area contributed by atoms with E-state index >= 15 is 0 Å². The van der Waals surface area contributed by atoms with Gasteiger partial charge in [-0.3, -0.25) is 14.4 Å². The number of carbonyl (C=O) groups excluding carboxylic acids is 2. The first kappa shape index (κ1) is 33.6. The van der Waals surface area contributed by atoms with Crippen LogP contribution >= 0.6 is 11.6 Å². The fourth-order valence-corrected chi connectivity index (χ4v) is 6.18. The molecule has 0 radical (unpaired) electrons. The topological polar surface area (TPSA) is 115 Å². The second-order valence-corrected chi connectivity index (χ2v) is 12.6. The van der Waals surface area contributed by atoms with E-state index in [1.54, 1.807) is 42.2 Å². The molecular weight excluding hydrogens is 588 g/mol. The number of hydrogen-bond donors (Lipinski definition) is 1. The van der Waals surface area contributed by atoms with Gasteiger partial charge in [0.1, 0.15) is 12.2 Å². The maximum atomic E-state index is 14.4. The Labute approximate surface area is 264 Å². The molecule has 44 heavy (non-hydrogen) atoms. The van der Waals surface area contributed by atoms with Gasteiger partial charge < -0.3 is 33.9 Å². The fraction of sp³-hybridized carbons (Fsp3) is 0.545. The van der Waals surface area contributed by atoms with E-state index in [-0.39, 0.29) is 30.6 Å². The van der Waals surface area contributed by atoms with Crippen molar-refractivity contribution in [3.05, 3.63) is 52.5 Å². The van der Waals surface area contributed by atoms with E-state index in [1.807, 2.05) is 39.0 Å². The van der Waals surface area contributed by atoms with E-state index in [9.17, 15) is 19.5 Å². The molecule has 0 saturated carbocycles. The Bertz CT molecular complexity index is 1340. The normalized spacial score (nSPS) is 19.4. The predicted octanol–water partition coefficient (Wildman–Crippen LogP) is 5.34. The molecule has 2 aromatic carbocycles. The molecule has 0 spiro atoms. The van der Waals surface area contributed by atoms with Crippen LogP contribution in [0.15, 0.2) is 36.4 Å². The number of methoxy groups -OCH3 is 2. The minimum absolute atomic E-state index is 0.0273. The van der Waals surface area contributed by atoms with Crippen molar-refractivity contribution in [2.45, 2.75) is 58.7 Å². The Kier molecular flexibility index (Phi) is 11.2. The first-order valence-electron chi connectivity index (χ1n) is 15.0. The van der Waals surface area contributed by atoms with Crippen molar-refractivity contribution in [3.63, 3.8) is 0 Å². The third kappa shape index (κ3) is 7.83. The summed E-state index contributed by atoms with van der Waals surface area (Å²) in [7, 11) is 3.09. The smallest absolute Gasteiger partial charge is 0.303 e. The number of fused-ring (bicyclic) bond motifs is 1. The number of benzene rings is 2. The van der Waals surface area contributed by atoms with E-state index in [0.717, 1.165) is 0 Å². The second kappa shape index (κ2) is 14.6. The largest absolute Gasteiger partial charge is 0.493 e. The molecule has 2 aliphatic rings. The molecule has 2 atom stereocenters. The first-order chi connectivity index (χ1) is 21.0. The van der Waals surface area contributed by atoms with Crippen molar-refractivity contribution in [1.29, 1.82) is 0 Å².